The van der Waals surface area contributed by atoms with E-state index in [0.717, 1.165) is 18.4 Å². The van der Waals surface area contributed by atoms with E-state index in [2.05, 4.69) is 11.8 Å². The van der Waals surface area contributed by atoms with Crippen molar-refractivity contribution in [3.05, 3.63) is 35.9 Å². The van der Waals surface area contributed by atoms with E-state index < -0.39 is 0 Å². The minimum Gasteiger partial charge on any atom is -0.251 e. The molecule has 0 aromatic heterocycles. The van der Waals surface area contributed by atoms with Gasteiger partial charge in [-0.1, -0.05) is 56.5 Å². The van der Waals surface area contributed by atoms with E-state index in [-0.39, 0.29) is 6.10 Å². The molecule has 1 rings (SSSR count). The normalized spacial score (nSPS) is 12.7. The molecule has 2 heteroatoms. The highest BCUT2D eigenvalue weighted by molar-refractivity contribution is 5.17. The van der Waals surface area contributed by atoms with E-state index in [0.29, 0.717) is 0 Å². The van der Waals surface area contributed by atoms with Crippen molar-refractivity contribution in [2.45, 2.75) is 38.7 Å². The van der Waals surface area contributed by atoms with Gasteiger partial charge >= 0.3 is 0 Å². The van der Waals surface area contributed by atoms with E-state index >= 15 is 0 Å². The fourth-order valence-corrected chi connectivity index (χ4v) is 1.53. The molecule has 78 valence electrons. The van der Waals surface area contributed by atoms with Crippen LogP contribution in [0.2, 0.25) is 0 Å². The second-order valence-electron chi connectivity index (χ2n) is 3.50. The largest absolute Gasteiger partial charge is 0.251 e. The van der Waals surface area contributed by atoms with Crippen LogP contribution < -0.4 is 0 Å². The highest BCUT2D eigenvalue weighted by Gasteiger charge is 2.10. The van der Waals surface area contributed by atoms with Gasteiger partial charge in [0.1, 0.15) is 6.10 Å². The van der Waals surface area contributed by atoms with Gasteiger partial charge in [0.05, 0.1) is 0 Å². The molecule has 0 aliphatic rings. The molecule has 0 saturated carbocycles. The average molecular weight is 194 g/mol. The Labute approximate surface area is 85.5 Å². The van der Waals surface area contributed by atoms with Crippen LogP contribution in [0.25, 0.3) is 0 Å². The lowest BCUT2D eigenvalue weighted by atomic mass is 10.0. The third kappa shape index (κ3) is 3.48. The number of unbranched alkanes of at least 4 members (excludes halogenated alkanes) is 2. The minimum absolute atomic E-state index is 0.164. The van der Waals surface area contributed by atoms with E-state index in [1.54, 1.807) is 0 Å². The van der Waals surface area contributed by atoms with Crippen molar-refractivity contribution in [2.24, 2.45) is 0 Å². The molecule has 1 aromatic carbocycles. The van der Waals surface area contributed by atoms with Crippen LogP contribution >= 0.6 is 0 Å². The van der Waals surface area contributed by atoms with Crippen LogP contribution in [0.1, 0.15) is 44.3 Å². The van der Waals surface area contributed by atoms with Gasteiger partial charge < -0.3 is 0 Å². The predicted molar refractivity (Wildman–Crippen MR) is 57.0 cm³/mol. The van der Waals surface area contributed by atoms with Gasteiger partial charge in [0, 0.05) is 0 Å². The van der Waals surface area contributed by atoms with Gasteiger partial charge in [0.15, 0.2) is 0 Å². The van der Waals surface area contributed by atoms with Crippen molar-refractivity contribution >= 4 is 0 Å². The Kier molecular flexibility index (Phi) is 5.27. The summed E-state index contributed by atoms with van der Waals surface area (Å²) >= 11 is 0. The van der Waals surface area contributed by atoms with Crippen LogP contribution in [0.4, 0.5) is 0 Å². The van der Waals surface area contributed by atoms with E-state index in [9.17, 15) is 0 Å². The monoisotopic (exact) mass is 194 g/mol. The molecule has 0 radical (unpaired) electrons. The quantitative estimate of drug-likeness (QED) is 0.424. The first kappa shape index (κ1) is 11.2. The summed E-state index contributed by atoms with van der Waals surface area (Å²) in [5.41, 5.74) is 1.05. The summed E-state index contributed by atoms with van der Waals surface area (Å²) in [7, 11) is 0. The average Bonchev–Trinajstić information content (AvgIpc) is 2.26. The summed E-state index contributed by atoms with van der Waals surface area (Å²) < 4.78 is 0. The van der Waals surface area contributed by atoms with Crippen molar-refractivity contribution in [3.63, 3.8) is 0 Å². The molecule has 0 spiro atoms. The Morgan fingerprint density at radius 2 is 1.93 bits per heavy atom. The highest BCUT2D eigenvalue weighted by Crippen LogP contribution is 2.22. The summed E-state index contributed by atoms with van der Waals surface area (Å²) in [6.07, 6.45) is 4.19. The van der Waals surface area contributed by atoms with Crippen molar-refractivity contribution < 1.29 is 10.1 Å². The SMILES string of the molecule is CCCCCC(OO)c1ccccc1. The Morgan fingerprint density at radius 3 is 2.50 bits per heavy atom. The first-order chi connectivity index (χ1) is 6.88. The topological polar surface area (TPSA) is 29.5 Å². The Morgan fingerprint density at radius 1 is 1.21 bits per heavy atom. The molecule has 1 aromatic rings. The predicted octanol–water partition coefficient (Wildman–Crippen LogP) is 3.80. The summed E-state index contributed by atoms with van der Waals surface area (Å²) in [4.78, 5) is 4.48. The van der Waals surface area contributed by atoms with Crippen LogP contribution in [0.5, 0.6) is 0 Å². The molecule has 0 fully saturated rings. The number of benzene rings is 1. The Bertz CT molecular complexity index is 233. The maximum absolute atomic E-state index is 8.78. The Hall–Kier alpha value is -0.860. The van der Waals surface area contributed by atoms with Crippen molar-refractivity contribution in [3.8, 4) is 0 Å². The lowest BCUT2D eigenvalue weighted by Gasteiger charge is -2.12. The van der Waals surface area contributed by atoms with Crippen LogP contribution in [0, 0.1) is 0 Å². The van der Waals surface area contributed by atoms with Gasteiger partial charge in [-0.3, -0.25) is 5.26 Å². The number of hydrogen-bond acceptors (Lipinski definition) is 2. The lowest BCUT2D eigenvalue weighted by Crippen LogP contribution is -2.01. The van der Waals surface area contributed by atoms with Gasteiger partial charge in [0.2, 0.25) is 0 Å². The summed E-state index contributed by atoms with van der Waals surface area (Å²) in [5.74, 6) is 0. The molecular weight excluding hydrogens is 176 g/mol. The summed E-state index contributed by atoms with van der Waals surface area (Å²) in [6.45, 7) is 2.16. The fraction of sp³-hybridized carbons (Fsp3) is 0.500. The number of rotatable bonds is 6. The van der Waals surface area contributed by atoms with Crippen LogP contribution in [-0.2, 0) is 4.89 Å². The van der Waals surface area contributed by atoms with E-state index in [1.165, 1.54) is 12.8 Å². The van der Waals surface area contributed by atoms with Crippen molar-refractivity contribution in [1.29, 1.82) is 0 Å². The zero-order valence-electron chi connectivity index (χ0n) is 8.65. The molecule has 1 unspecified atom stereocenters. The lowest BCUT2D eigenvalue weighted by molar-refractivity contribution is -0.283. The first-order valence-electron chi connectivity index (χ1n) is 5.23. The van der Waals surface area contributed by atoms with Gasteiger partial charge in [0.25, 0.3) is 0 Å². The molecule has 0 aliphatic carbocycles. The third-order valence-corrected chi connectivity index (χ3v) is 2.37. The maximum atomic E-state index is 8.78. The minimum atomic E-state index is -0.164. The molecule has 1 N–H and O–H groups in total. The van der Waals surface area contributed by atoms with Gasteiger partial charge in [-0.15, -0.1) is 0 Å². The van der Waals surface area contributed by atoms with Crippen molar-refractivity contribution in [1.82, 2.24) is 0 Å². The molecule has 2 nitrogen and oxygen atoms in total. The Balaban J connectivity index is 2.46. The number of hydrogen-bond donors (Lipinski definition) is 1. The maximum Gasteiger partial charge on any atom is 0.118 e. The molecule has 0 saturated heterocycles. The second kappa shape index (κ2) is 6.57. The molecule has 0 heterocycles. The molecule has 0 aliphatic heterocycles. The second-order valence-corrected chi connectivity index (χ2v) is 3.50. The zero-order chi connectivity index (χ0) is 10.2. The third-order valence-electron chi connectivity index (χ3n) is 2.37. The molecular formula is C12H18O2. The van der Waals surface area contributed by atoms with Crippen LogP contribution in [-0.4, -0.2) is 5.26 Å². The first-order valence-corrected chi connectivity index (χ1v) is 5.23. The highest BCUT2D eigenvalue weighted by atomic mass is 17.1. The van der Waals surface area contributed by atoms with E-state index in [1.807, 2.05) is 30.3 Å². The standard InChI is InChI=1S/C12H18O2/c1-2-3-5-10-12(14-13)11-8-6-4-7-9-11/h4,6-9,12-13H,2-3,5,10H2,1H3. The van der Waals surface area contributed by atoms with Crippen LogP contribution in [0.15, 0.2) is 30.3 Å². The fourth-order valence-electron chi connectivity index (χ4n) is 1.53. The molecule has 1 atom stereocenters. The smallest absolute Gasteiger partial charge is 0.118 e. The van der Waals surface area contributed by atoms with Crippen LogP contribution in [0.3, 0.4) is 0 Å². The summed E-state index contributed by atoms with van der Waals surface area (Å²) in [6, 6.07) is 9.84. The molecule has 14 heavy (non-hydrogen) atoms. The molecule has 0 amide bonds. The van der Waals surface area contributed by atoms with Crippen molar-refractivity contribution in [2.75, 3.05) is 0 Å². The van der Waals surface area contributed by atoms with Gasteiger partial charge in [-0.05, 0) is 12.0 Å². The van der Waals surface area contributed by atoms with E-state index in [4.69, 9.17) is 5.26 Å². The van der Waals surface area contributed by atoms with Gasteiger partial charge in [-0.25, -0.2) is 4.89 Å². The zero-order valence-corrected chi connectivity index (χ0v) is 8.65. The summed E-state index contributed by atoms with van der Waals surface area (Å²) in [5, 5.41) is 8.78. The molecule has 0 bridgehead atoms. The van der Waals surface area contributed by atoms with Gasteiger partial charge in [-0.2, -0.15) is 0 Å².